The monoisotopic (exact) mass is 348 g/mol. The van der Waals surface area contributed by atoms with Crippen molar-refractivity contribution in [3.05, 3.63) is 42.6 Å². The van der Waals surface area contributed by atoms with Gasteiger partial charge in [0, 0.05) is 47.9 Å². The number of fused-ring (bicyclic) bond motifs is 3. The van der Waals surface area contributed by atoms with E-state index in [2.05, 4.69) is 64.2 Å². The number of benzene rings is 1. The van der Waals surface area contributed by atoms with E-state index < -0.39 is 0 Å². The number of nitrogens with zero attached hydrogens (tertiary/aromatic N) is 4. The molecule has 134 valence electrons. The molecular formula is C21H24N4O. The molecule has 5 rings (SSSR count). The second-order valence-corrected chi connectivity index (χ2v) is 7.72. The standard InChI is InChI=1S/C21H24N4O/c1-24-10-9-15-11-14(3-7-20(15)24)19-6-8-21(23-22-19)26-18-12-16-4-5-17(13-18)25(16)2/h3,6-11,16-18H,4-5,12-13H2,1-2H3. The van der Waals surface area contributed by atoms with Crippen molar-refractivity contribution < 1.29 is 4.74 Å². The third kappa shape index (κ3) is 2.67. The molecule has 2 fully saturated rings. The molecule has 5 heteroatoms. The van der Waals surface area contributed by atoms with Gasteiger partial charge in [0.05, 0.1) is 5.69 Å². The highest BCUT2D eigenvalue weighted by Crippen LogP contribution is 2.35. The summed E-state index contributed by atoms with van der Waals surface area (Å²) >= 11 is 0. The van der Waals surface area contributed by atoms with Crippen molar-refractivity contribution in [1.82, 2.24) is 19.7 Å². The van der Waals surface area contributed by atoms with Crippen LogP contribution in [0.5, 0.6) is 5.88 Å². The summed E-state index contributed by atoms with van der Waals surface area (Å²) in [6.45, 7) is 0. The molecule has 2 bridgehead atoms. The second-order valence-electron chi connectivity index (χ2n) is 7.72. The molecule has 2 aliphatic heterocycles. The minimum Gasteiger partial charge on any atom is -0.473 e. The Balaban J connectivity index is 1.32. The van der Waals surface area contributed by atoms with Crippen molar-refractivity contribution in [2.24, 2.45) is 7.05 Å². The van der Waals surface area contributed by atoms with Crippen LogP contribution in [-0.4, -0.2) is 44.9 Å². The lowest BCUT2D eigenvalue weighted by Gasteiger charge is -2.35. The van der Waals surface area contributed by atoms with Crippen molar-refractivity contribution in [1.29, 1.82) is 0 Å². The molecule has 0 aliphatic carbocycles. The van der Waals surface area contributed by atoms with Gasteiger partial charge in [0.2, 0.25) is 5.88 Å². The first-order valence-corrected chi connectivity index (χ1v) is 9.45. The highest BCUT2D eigenvalue weighted by molar-refractivity contribution is 5.84. The van der Waals surface area contributed by atoms with E-state index in [0.29, 0.717) is 18.0 Å². The fourth-order valence-electron chi connectivity index (χ4n) is 4.61. The fourth-order valence-corrected chi connectivity index (χ4v) is 4.61. The van der Waals surface area contributed by atoms with Crippen LogP contribution in [0.2, 0.25) is 0 Å². The van der Waals surface area contributed by atoms with Gasteiger partial charge < -0.3 is 14.2 Å². The lowest BCUT2D eigenvalue weighted by atomic mass is 10.0. The summed E-state index contributed by atoms with van der Waals surface area (Å²) in [5, 5.41) is 9.95. The number of aryl methyl sites for hydroxylation is 1. The van der Waals surface area contributed by atoms with Gasteiger partial charge in [-0.05, 0) is 57.0 Å². The van der Waals surface area contributed by atoms with Gasteiger partial charge in [0.1, 0.15) is 6.10 Å². The summed E-state index contributed by atoms with van der Waals surface area (Å²) in [6, 6.07) is 13.8. The molecule has 0 radical (unpaired) electrons. The van der Waals surface area contributed by atoms with Gasteiger partial charge in [-0.2, -0.15) is 0 Å². The van der Waals surface area contributed by atoms with Crippen LogP contribution in [0.1, 0.15) is 25.7 Å². The molecule has 2 atom stereocenters. The van der Waals surface area contributed by atoms with E-state index in [4.69, 9.17) is 4.74 Å². The van der Waals surface area contributed by atoms with Crippen LogP contribution in [0.4, 0.5) is 0 Å². The van der Waals surface area contributed by atoms with E-state index in [0.717, 1.165) is 24.1 Å². The summed E-state index contributed by atoms with van der Waals surface area (Å²) in [5.74, 6) is 0.642. The molecule has 2 aromatic heterocycles. The van der Waals surface area contributed by atoms with Gasteiger partial charge >= 0.3 is 0 Å². The molecule has 2 aliphatic rings. The van der Waals surface area contributed by atoms with Gasteiger partial charge in [-0.1, -0.05) is 6.07 Å². The normalized spacial score (nSPS) is 25.7. The minimum absolute atomic E-state index is 0.268. The molecule has 0 N–H and O–H groups in total. The third-order valence-electron chi connectivity index (χ3n) is 6.16. The summed E-state index contributed by atoms with van der Waals surface area (Å²) in [7, 11) is 4.31. The number of rotatable bonds is 3. The van der Waals surface area contributed by atoms with E-state index in [1.54, 1.807) is 0 Å². The van der Waals surface area contributed by atoms with Crippen molar-refractivity contribution in [3.8, 4) is 17.1 Å². The quantitative estimate of drug-likeness (QED) is 0.725. The van der Waals surface area contributed by atoms with Gasteiger partial charge in [-0.3, -0.25) is 0 Å². The number of aromatic nitrogens is 3. The summed E-state index contributed by atoms with van der Waals surface area (Å²) in [5.41, 5.74) is 3.19. The average Bonchev–Trinajstić information content (AvgIpc) is 3.10. The van der Waals surface area contributed by atoms with Crippen LogP contribution >= 0.6 is 0 Å². The highest BCUT2D eigenvalue weighted by Gasteiger charge is 2.39. The zero-order valence-corrected chi connectivity index (χ0v) is 15.3. The molecule has 26 heavy (non-hydrogen) atoms. The molecule has 0 spiro atoms. The Kier molecular flexibility index (Phi) is 3.71. The molecule has 2 unspecified atom stereocenters. The molecule has 4 heterocycles. The summed E-state index contributed by atoms with van der Waals surface area (Å²) in [6.07, 6.45) is 7.14. The summed E-state index contributed by atoms with van der Waals surface area (Å²) in [4.78, 5) is 2.52. The zero-order valence-electron chi connectivity index (χ0n) is 15.3. The van der Waals surface area contributed by atoms with E-state index in [1.807, 2.05) is 12.1 Å². The van der Waals surface area contributed by atoms with Gasteiger partial charge in [0.25, 0.3) is 0 Å². The minimum atomic E-state index is 0.268. The van der Waals surface area contributed by atoms with Crippen LogP contribution in [0.3, 0.4) is 0 Å². The molecular weight excluding hydrogens is 324 g/mol. The second kappa shape index (κ2) is 6.09. The van der Waals surface area contributed by atoms with E-state index in [9.17, 15) is 0 Å². The highest BCUT2D eigenvalue weighted by atomic mass is 16.5. The van der Waals surface area contributed by atoms with Crippen molar-refractivity contribution in [2.45, 2.75) is 43.9 Å². The molecule has 0 saturated carbocycles. The first-order chi connectivity index (χ1) is 12.7. The molecule has 1 aromatic carbocycles. The van der Waals surface area contributed by atoms with Crippen molar-refractivity contribution in [3.63, 3.8) is 0 Å². The van der Waals surface area contributed by atoms with Crippen LogP contribution in [-0.2, 0) is 7.05 Å². The Bertz CT molecular complexity index is 919. The Morgan fingerprint density at radius 1 is 0.962 bits per heavy atom. The molecule has 0 amide bonds. The fraction of sp³-hybridized carbons (Fsp3) is 0.429. The van der Waals surface area contributed by atoms with Gasteiger partial charge in [-0.15, -0.1) is 10.2 Å². The predicted molar refractivity (Wildman–Crippen MR) is 102 cm³/mol. The third-order valence-corrected chi connectivity index (χ3v) is 6.16. The largest absolute Gasteiger partial charge is 0.473 e. The Labute approximate surface area is 153 Å². The Morgan fingerprint density at radius 2 is 1.77 bits per heavy atom. The number of hydrogen-bond acceptors (Lipinski definition) is 4. The Morgan fingerprint density at radius 3 is 2.50 bits per heavy atom. The van der Waals surface area contributed by atoms with Crippen LogP contribution in [0.25, 0.3) is 22.2 Å². The number of hydrogen-bond donors (Lipinski definition) is 0. The van der Waals surface area contributed by atoms with Crippen LogP contribution in [0.15, 0.2) is 42.6 Å². The lowest BCUT2D eigenvalue weighted by molar-refractivity contribution is 0.0626. The molecule has 5 nitrogen and oxygen atoms in total. The lowest BCUT2D eigenvalue weighted by Crippen LogP contribution is -2.43. The van der Waals surface area contributed by atoms with Gasteiger partial charge in [-0.25, -0.2) is 0 Å². The van der Waals surface area contributed by atoms with E-state index in [1.165, 1.54) is 23.7 Å². The first kappa shape index (κ1) is 15.8. The number of ether oxygens (including phenoxy) is 1. The van der Waals surface area contributed by atoms with Crippen molar-refractivity contribution in [2.75, 3.05) is 7.05 Å². The topological polar surface area (TPSA) is 43.2 Å². The van der Waals surface area contributed by atoms with Crippen LogP contribution in [0, 0.1) is 0 Å². The summed E-state index contributed by atoms with van der Waals surface area (Å²) < 4.78 is 8.27. The zero-order chi connectivity index (χ0) is 17.7. The SMILES string of the molecule is CN1C2CCC1CC(Oc1ccc(-c3ccc4c(ccn4C)c3)nn1)C2. The van der Waals surface area contributed by atoms with E-state index >= 15 is 0 Å². The molecule has 3 aromatic rings. The average molecular weight is 348 g/mol. The molecule has 2 saturated heterocycles. The maximum absolute atomic E-state index is 6.15. The maximum atomic E-state index is 6.15. The predicted octanol–water partition coefficient (Wildman–Crippen LogP) is 3.64. The van der Waals surface area contributed by atoms with Crippen LogP contribution < -0.4 is 4.74 Å². The first-order valence-electron chi connectivity index (χ1n) is 9.45. The van der Waals surface area contributed by atoms with Crippen molar-refractivity contribution >= 4 is 10.9 Å². The Hall–Kier alpha value is -2.40. The van der Waals surface area contributed by atoms with E-state index in [-0.39, 0.29) is 6.10 Å². The van der Waals surface area contributed by atoms with Gasteiger partial charge in [0.15, 0.2) is 0 Å². The smallest absolute Gasteiger partial charge is 0.233 e. The number of piperidine rings is 1. The maximum Gasteiger partial charge on any atom is 0.233 e.